The molecule has 0 N–H and O–H groups in total. The van der Waals surface area contributed by atoms with Crippen LogP contribution in [0.1, 0.15) is 13.3 Å². The fourth-order valence-corrected chi connectivity index (χ4v) is 3.67. The second-order valence-electron chi connectivity index (χ2n) is 4.03. The summed E-state index contributed by atoms with van der Waals surface area (Å²) < 4.78 is 75.7. The molecule has 0 radical (unpaired) electrons. The van der Waals surface area contributed by atoms with Crippen molar-refractivity contribution < 1.29 is 26.0 Å². The van der Waals surface area contributed by atoms with Crippen LogP contribution in [0.4, 0.5) is 17.6 Å². The van der Waals surface area contributed by atoms with Gasteiger partial charge >= 0.3 is 6.18 Å². The van der Waals surface area contributed by atoms with Gasteiger partial charge in [0.1, 0.15) is 17.3 Å². The van der Waals surface area contributed by atoms with Gasteiger partial charge in [-0.25, -0.2) is 12.8 Å². The Balaban J connectivity index is 3.26. The Kier molecular flexibility index (Phi) is 5.56. The van der Waals surface area contributed by atoms with Crippen molar-refractivity contribution in [3.8, 4) is 0 Å². The van der Waals surface area contributed by atoms with Crippen LogP contribution < -0.4 is 0 Å². The van der Waals surface area contributed by atoms with Crippen molar-refractivity contribution >= 4 is 26.0 Å². The highest BCUT2D eigenvalue weighted by molar-refractivity contribution is 9.10. The molecule has 114 valence electrons. The van der Waals surface area contributed by atoms with E-state index in [0.717, 1.165) is 12.1 Å². The number of benzene rings is 1. The first-order valence-corrected chi connectivity index (χ1v) is 7.83. The van der Waals surface area contributed by atoms with E-state index in [1.165, 1.54) is 13.0 Å². The summed E-state index contributed by atoms with van der Waals surface area (Å²) in [5.41, 5.74) is 0. The number of nitrogens with zero attached hydrogens (tertiary/aromatic N) is 1. The van der Waals surface area contributed by atoms with Crippen LogP contribution in [-0.4, -0.2) is 32.0 Å². The summed E-state index contributed by atoms with van der Waals surface area (Å²) in [5, 5.41) is 0. The maximum Gasteiger partial charge on any atom is 0.402 e. The Morgan fingerprint density at radius 3 is 2.40 bits per heavy atom. The van der Waals surface area contributed by atoms with Gasteiger partial charge in [-0.05, 0) is 24.6 Å². The molecule has 0 heterocycles. The molecule has 0 spiro atoms. The molecule has 0 bridgehead atoms. The third kappa shape index (κ3) is 4.42. The highest BCUT2D eigenvalue weighted by Gasteiger charge is 2.37. The van der Waals surface area contributed by atoms with Gasteiger partial charge in [-0.1, -0.05) is 22.9 Å². The minimum atomic E-state index is -4.69. The van der Waals surface area contributed by atoms with Crippen molar-refractivity contribution in [1.29, 1.82) is 0 Å². The monoisotopic (exact) mass is 377 g/mol. The molecule has 0 atom stereocenters. The van der Waals surface area contributed by atoms with E-state index in [0.29, 0.717) is 0 Å². The van der Waals surface area contributed by atoms with Crippen LogP contribution in [0.2, 0.25) is 0 Å². The van der Waals surface area contributed by atoms with Gasteiger partial charge in [-0.3, -0.25) is 0 Å². The highest BCUT2D eigenvalue weighted by Crippen LogP contribution is 2.26. The summed E-state index contributed by atoms with van der Waals surface area (Å²) in [4.78, 5) is -0.774. The average Bonchev–Trinajstić information content (AvgIpc) is 2.30. The van der Waals surface area contributed by atoms with Gasteiger partial charge in [-0.15, -0.1) is 0 Å². The molecule has 0 unspecified atom stereocenters. The topological polar surface area (TPSA) is 37.4 Å². The van der Waals surface area contributed by atoms with Crippen LogP contribution in [0.15, 0.2) is 27.6 Å². The van der Waals surface area contributed by atoms with E-state index in [9.17, 15) is 26.0 Å². The molecule has 0 saturated heterocycles. The molecule has 0 aromatic heterocycles. The van der Waals surface area contributed by atoms with Gasteiger partial charge in [0.25, 0.3) is 0 Å². The average molecular weight is 378 g/mol. The largest absolute Gasteiger partial charge is 0.402 e. The molecule has 0 saturated carbocycles. The predicted molar refractivity (Wildman–Crippen MR) is 69.2 cm³/mol. The number of halogens is 5. The summed E-state index contributed by atoms with van der Waals surface area (Å²) in [6, 6.07) is 3.10. The minimum absolute atomic E-state index is 0.185. The fourth-order valence-electron chi connectivity index (χ4n) is 1.55. The normalized spacial score (nSPS) is 12.9. The smallest absolute Gasteiger partial charge is 0.207 e. The van der Waals surface area contributed by atoms with Gasteiger partial charge in [-0.2, -0.15) is 17.5 Å². The van der Waals surface area contributed by atoms with Crippen LogP contribution in [0, 0.1) is 5.82 Å². The molecule has 3 nitrogen and oxygen atoms in total. The lowest BCUT2D eigenvalue weighted by molar-refractivity contribution is -0.136. The van der Waals surface area contributed by atoms with Crippen molar-refractivity contribution in [3.05, 3.63) is 28.5 Å². The summed E-state index contributed by atoms with van der Waals surface area (Å²) >= 11 is 2.97. The minimum Gasteiger partial charge on any atom is -0.207 e. The molecule has 9 heteroatoms. The maximum absolute atomic E-state index is 13.6. The van der Waals surface area contributed by atoms with Gasteiger partial charge in [0.15, 0.2) is 0 Å². The molecule has 20 heavy (non-hydrogen) atoms. The van der Waals surface area contributed by atoms with Crippen molar-refractivity contribution in [3.63, 3.8) is 0 Å². The SMILES string of the molecule is CCCN(CC(F)(F)F)S(=O)(=O)c1cc(Br)ccc1F. The van der Waals surface area contributed by atoms with Crippen molar-refractivity contribution in [2.45, 2.75) is 24.4 Å². The predicted octanol–water partition coefficient (Wildman–Crippen LogP) is 3.55. The van der Waals surface area contributed by atoms with Crippen molar-refractivity contribution in [2.75, 3.05) is 13.1 Å². The Labute approximate surface area is 122 Å². The molecule has 1 rings (SSSR count). The first kappa shape index (κ1) is 17.4. The van der Waals surface area contributed by atoms with E-state index in [-0.39, 0.29) is 21.7 Å². The van der Waals surface area contributed by atoms with Crippen LogP contribution in [0.5, 0.6) is 0 Å². The zero-order valence-corrected chi connectivity index (χ0v) is 12.8. The molecular weight excluding hydrogens is 366 g/mol. The lowest BCUT2D eigenvalue weighted by Gasteiger charge is -2.23. The van der Waals surface area contributed by atoms with Gasteiger partial charge in [0.05, 0.1) is 0 Å². The summed E-state index contributed by atoms with van der Waals surface area (Å²) in [7, 11) is -4.54. The Bertz CT molecular complexity index is 574. The molecule has 0 aliphatic heterocycles. The van der Waals surface area contributed by atoms with E-state index < -0.39 is 33.5 Å². The molecule has 0 aliphatic rings. The molecule has 0 aliphatic carbocycles. The number of rotatable bonds is 5. The lowest BCUT2D eigenvalue weighted by atomic mass is 10.3. The molecule has 0 amide bonds. The zero-order valence-electron chi connectivity index (χ0n) is 10.4. The summed E-state index contributed by atoms with van der Waals surface area (Å²) in [6.07, 6.45) is -4.50. The van der Waals surface area contributed by atoms with E-state index >= 15 is 0 Å². The zero-order chi connectivity index (χ0) is 15.6. The van der Waals surface area contributed by atoms with Crippen LogP contribution in [0.3, 0.4) is 0 Å². The van der Waals surface area contributed by atoms with Crippen molar-refractivity contribution in [2.24, 2.45) is 0 Å². The van der Waals surface area contributed by atoms with Gasteiger partial charge in [0, 0.05) is 11.0 Å². The third-order valence-corrected chi connectivity index (χ3v) is 4.69. The Morgan fingerprint density at radius 1 is 1.30 bits per heavy atom. The number of alkyl halides is 3. The number of sulfonamides is 1. The standard InChI is InChI=1S/C11H12BrF4NO2S/c1-2-5-17(7-11(14,15)16)20(18,19)10-6-8(12)3-4-9(10)13/h3-4,6H,2,5,7H2,1H3. The first-order valence-electron chi connectivity index (χ1n) is 5.60. The fraction of sp³-hybridized carbons (Fsp3) is 0.455. The third-order valence-electron chi connectivity index (χ3n) is 2.34. The quantitative estimate of drug-likeness (QED) is 0.735. The summed E-state index contributed by atoms with van der Waals surface area (Å²) in [5.74, 6) is -1.09. The lowest BCUT2D eigenvalue weighted by Crippen LogP contribution is -2.39. The Hall–Kier alpha value is -0.670. The van der Waals surface area contributed by atoms with E-state index in [2.05, 4.69) is 15.9 Å². The summed E-state index contributed by atoms with van der Waals surface area (Å²) in [6.45, 7) is -0.445. The molecular formula is C11H12BrF4NO2S. The molecule has 0 fully saturated rings. The van der Waals surface area contributed by atoms with E-state index in [1.807, 2.05) is 0 Å². The second kappa shape index (κ2) is 6.40. The van der Waals surface area contributed by atoms with Crippen LogP contribution in [-0.2, 0) is 10.0 Å². The van der Waals surface area contributed by atoms with E-state index in [1.54, 1.807) is 0 Å². The molecule has 1 aromatic carbocycles. The molecule has 1 aromatic rings. The van der Waals surface area contributed by atoms with Crippen LogP contribution >= 0.6 is 15.9 Å². The maximum atomic E-state index is 13.6. The Morgan fingerprint density at radius 2 is 1.90 bits per heavy atom. The number of hydrogen-bond donors (Lipinski definition) is 0. The second-order valence-corrected chi connectivity index (χ2v) is 6.85. The highest BCUT2D eigenvalue weighted by atomic mass is 79.9. The van der Waals surface area contributed by atoms with E-state index in [4.69, 9.17) is 0 Å². The van der Waals surface area contributed by atoms with Gasteiger partial charge in [0.2, 0.25) is 10.0 Å². The van der Waals surface area contributed by atoms with Crippen molar-refractivity contribution in [1.82, 2.24) is 4.31 Å². The number of hydrogen-bond acceptors (Lipinski definition) is 2. The van der Waals surface area contributed by atoms with Crippen LogP contribution in [0.25, 0.3) is 0 Å². The first-order chi connectivity index (χ1) is 9.08. The van der Waals surface area contributed by atoms with Gasteiger partial charge < -0.3 is 0 Å².